The summed E-state index contributed by atoms with van der Waals surface area (Å²) in [4.78, 5) is 0. The molecule has 0 heterocycles. The molecule has 35 valence electrons. The molecule has 6 heavy (non-hydrogen) atoms. The number of rotatable bonds is 1. The summed E-state index contributed by atoms with van der Waals surface area (Å²) in [6.45, 7) is 1.13. The summed E-state index contributed by atoms with van der Waals surface area (Å²) in [7, 11) is 1.64. The predicted molar refractivity (Wildman–Crippen MR) is 28.6 cm³/mol. The van der Waals surface area contributed by atoms with E-state index in [9.17, 15) is 0 Å². The van der Waals surface area contributed by atoms with Crippen molar-refractivity contribution in [2.24, 2.45) is 0 Å². The van der Waals surface area contributed by atoms with E-state index in [0.29, 0.717) is 0 Å². The Morgan fingerprint density at radius 3 is 1.83 bits per heavy atom. The van der Waals surface area contributed by atoms with Crippen molar-refractivity contribution in [3.8, 4) is 0 Å². The van der Waals surface area contributed by atoms with Gasteiger partial charge in [-0.1, -0.05) is 11.8 Å². The van der Waals surface area contributed by atoms with E-state index in [-0.39, 0.29) is 32.7 Å². The second-order valence-electron chi connectivity index (χ2n) is 0.696. The summed E-state index contributed by atoms with van der Waals surface area (Å²) >= 11 is 4.66. The van der Waals surface area contributed by atoms with Gasteiger partial charge in [0.2, 0.25) is 0 Å². The van der Waals surface area contributed by atoms with E-state index in [1.165, 1.54) is 0 Å². The topological polar surface area (TPSA) is 9.23 Å². The van der Waals surface area contributed by atoms with Crippen molar-refractivity contribution in [2.45, 2.75) is 0 Å². The molecule has 1 radical (unpaired) electrons. The van der Waals surface area contributed by atoms with E-state index in [2.05, 4.69) is 16.3 Å². The van der Waals surface area contributed by atoms with Crippen LogP contribution >= 0.6 is 6.92 Å². The van der Waals surface area contributed by atoms with Crippen molar-refractivity contribution in [3.63, 3.8) is 0 Å². The molecule has 0 aromatic heterocycles. The smallest absolute Gasteiger partial charge is 0.0526 e. The Hall–Kier alpha value is 1.71. The molecule has 0 aliphatic rings. The molecule has 0 amide bonds. The molecule has 0 saturated carbocycles. The minimum absolute atomic E-state index is 0. The Bertz CT molecular complexity index is 48.8. The molecule has 0 fully saturated rings. The average Bonchev–Trinajstić information content (AvgIpc) is 1.38. The maximum Gasteiger partial charge on any atom is 0.0526 e. The zero-order valence-electron chi connectivity index (χ0n) is 3.89. The van der Waals surface area contributed by atoms with E-state index in [1.54, 1.807) is 7.11 Å². The van der Waals surface area contributed by atoms with Crippen molar-refractivity contribution < 1.29 is 37.2 Å². The maximum absolute atomic E-state index is 4.67. The molecule has 0 aromatic carbocycles. The Morgan fingerprint density at radius 2 is 1.83 bits per heavy atom. The molecule has 0 aliphatic carbocycles. The largest absolute Gasteiger partial charge is 0.357 e. The summed E-state index contributed by atoms with van der Waals surface area (Å²) < 4.78 is 4.67. The van der Waals surface area contributed by atoms with Crippen LogP contribution in [-0.2, 0) is 49.0 Å². The second kappa shape index (κ2) is 6.71. The van der Waals surface area contributed by atoms with E-state index in [1.807, 2.05) is 6.66 Å². The molecule has 0 rings (SSSR count). The fraction of sp³-hybridized carbons (Fsp3) is 1.00. The van der Waals surface area contributed by atoms with Gasteiger partial charge in [-0.25, -0.2) is 0 Å². The Morgan fingerprint density at radius 1 is 1.67 bits per heavy atom. The molecule has 0 aliphatic heterocycles. The van der Waals surface area contributed by atoms with Gasteiger partial charge in [0.25, 0.3) is 0 Å². The molecule has 0 aromatic rings. The molecule has 0 spiro atoms. The molecular formula is C2H7OPSY. The summed E-state index contributed by atoms with van der Waals surface area (Å²) in [5.41, 5.74) is 0. The third-order valence-electron chi connectivity index (χ3n) is 0.287. The first kappa shape index (κ1) is 10.7. The molecule has 1 nitrogen and oxygen atoms in total. The Labute approximate surface area is 69.2 Å². The minimum atomic E-state index is -0.791. The van der Waals surface area contributed by atoms with Crippen LogP contribution in [0.25, 0.3) is 0 Å². The fourth-order valence-corrected chi connectivity index (χ4v) is 0. The second-order valence-corrected chi connectivity index (χ2v) is 3.81. The van der Waals surface area contributed by atoms with Crippen LogP contribution in [0.1, 0.15) is 0 Å². The van der Waals surface area contributed by atoms with Crippen LogP contribution in [0, 0.1) is 0 Å². The van der Waals surface area contributed by atoms with Gasteiger partial charge < -0.3 is 4.52 Å². The van der Waals surface area contributed by atoms with Crippen molar-refractivity contribution in [3.05, 3.63) is 0 Å². The first-order valence-electron chi connectivity index (χ1n) is 1.32. The quantitative estimate of drug-likeness (QED) is 0.579. The zero-order chi connectivity index (χ0) is 4.28. The Kier molecular flexibility index (Phi) is 11.9. The van der Waals surface area contributed by atoms with Gasteiger partial charge in [0, 0.05) is 39.8 Å². The van der Waals surface area contributed by atoms with Crippen LogP contribution in [0.2, 0.25) is 0 Å². The van der Waals surface area contributed by atoms with Crippen LogP contribution in [0.15, 0.2) is 0 Å². The third-order valence-corrected chi connectivity index (χ3v) is 1.36. The summed E-state index contributed by atoms with van der Waals surface area (Å²) in [6.07, 6.45) is 0. The zero-order valence-corrected chi connectivity index (χ0v) is 8.55. The monoisotopic (exact) mass is 199 g/mol. The van der Waals surface area contributed by atoms with Crippen molar-refractivity contribution >= 4 is 18.7 Å². The molecule has 1 unspecified atom stereocenters. The molecule has 0 bridgehead atoms. The predicted octanol–water partition coefficient (Wildman–Crippen LogP) is 0.851. The molecule has 0 N–H and O–H groups in total. The average molecular weight is 199 g/mol. The molecule has 4 heteroatoms. The van der Waals surface area contributed by atoms with Crippen molar-refractivity contribution in [1.29, 1.82) is 0 Å². The summed E-state index contributed by atoms with van der Waals surface area (Å²) in [5, 5.41) is 0. The van der Waals surface area contributed by atoms with E-state index < -0.39 is 6.92 Å². The van der Waals surface area contributed by atoms with Gasteiger partial charge in [0.15, 0.2) is 0 Å². The SMILES string of the molecule is CO[PH](C)=S.[Y]. The summed E-state index contributed by atoms with van der Waals surface area (Å²) in [6, 6.07) is 0. The molecular weight excluding hydrogens is 192 g/mol. The number of hydrogen-bond acceptors (Lipinski definition) is 2. The van der Waals surface area contributed by atoms with Gasteiger partial charge in [-0.05, 0) is 6.66 Å². The van der Waals surface area contributed by atoms with Gasteiger partial charge in [0.1, 0.15) is 0 Å². The van der Waals surface area contributed by atoms with E-state index in [4.69, 9.17) is 0 Å². The van der Waals surface area contributed by atoms with Gasteiger partial charge >= 0.3 is 0 Å². The minimum Gasteiger partial charge on any atom is -0.357 e. The van der Waals surface area contributed by atoms with Gasteiger partial charge in [-0.2, -0.15) is 0 Å². The summed E-state index contributed by atoms with van der Waals surface area (Å²) in [5.74, 6) is 0. The molecule has 1 atom stereocenters. The van der Waals surface area contributed by atoms with Gasteiger partial charge in [-0.3, -0.25) is 0 Å². The van der Waals surface area contributed by atoms with Crippen LogP contribution < -0.4 is 0 Å². The van der Waals surface area contributed by atoms with Gasteiger partial charge in [-0.15, -0.1) is 0 Å². The maximum atomic E-state index is 4.67. The van der Waals surface area contributed by atoms with Gasteiger partial charge in [0.05, 0.1) is 6.92 Å². The third kappa shape index (κ3) is 9.21. The Balaban J connectivity index is 0. The standard InChI is InChI=1S/C2H7OPS.Y/c1-3-4(2)5;/h4H,1-2H3;. The fourth-order valence-electron chi connectivity index (χ4n) is 0. The van der Waals surface area contributed by atoms with Crippen LogP contribution in [0.3, 0.4) is 0 Å². The van der Waals surface area contributed by atoms with E-state index in [0.717, 1.165) is 0 Å². The van der Waals surface area contributed by atoms with Crippen LogP contribution in [0.5, 0.6) is 0 Å². The van der Waals surface area contributed by atoms with Crippen molar-refractivity contribution in [2.75, 3.05) is 13.8 Å². The first-order valence-corrected chi connectivity index (χ1v) is 4.36. The normalized spacial score (nSPS) is 12.3. The van der Waals surface area contributed by atoms with Crippen LogP contribution in [0.4, 0.5) is 0 Å². The molecule has 0 saturated heterocycles. The van der Waals surface area contributed by atoms with Crippen molar-refractivity contribution in [1.82, 2.24) is 0 Å². The number of hydrogen-bond donors (Lipinski definition) is 0. The van der Waals surface area contributed by atoms with Crippen LogP contribution in [-0.4, -0.2) is 13.8 Å². The first-order chi connectivity index (χ1) is 2.27. The van der Waals surface area contributed by atoms with E-state index >= 15 is 0 Å².